The van der Waals surface area contributed by atoms with E-state index in [0.717, 1.165) is 0 Å². The molecule has 0 fully saturated rings. The Bertz CT molecular complexity index is 2320. The highest BCUT2D eigenvalue weighted by Crippen LogP contribution is 2.41. The normalized spacial score (nSPS) is 11.5. The van der Waals surface area contributed by atoms with Gasteiger partial charge in [-0.3, -0.25) is 0 Å². The first-order valence-electron chi connectivity index (χ1n) is 17.9. The van der Waals surface area contributed by atoms with Gasteiger partial charge in [-0.2, -0.15) is 0 Å². The first kappa shape index (κ1) is 35.4. The fourth-order valence-electron chi connectivity index (χ4n) is 7.11. The van der Waals surface area contributed by atoms with Crippen molar-refractivity contribution in [3.63, 3.8) is 0 Å². The van der Waals surface area contributed by atoms with E-state index in [-0.39, 0.29) is 0 Å². The predicted molar refractivity (Wildman–Crippen MR) is 235 cm³/mol. The Labute approximate surface area is 315 Å². The summed E-state index contributed by atoms with van der Waals surface area (Å²) in [6, 6.07) is 27.0. The minimum atomic E-state index is 1.39. The second kappa shape index (κ2) is 13.5. The average Bonchev–Trinajstić information content (AvgIpc) is 3.81. The Hall–Kier alpha value is -4.02. The summed E-state index contributed by atoms with van der Waals surface area (Å²) in [4.78, 5) is 0. The van der Waals surface area contributed by atoms with Crippen LogP contribution in [0.15, 0.2) is 72.8 Å². The van der Waals surface area contributed by atoms with Gasteiger partial charge in [0.25, 0.3) is 0 Å². The van der Waals surface area contributed by atoms with Crippen LogP contribution < -0.4 is 0 Å². The number of hydrogen-bond donors (Lipinski definition) is 0. The summed E-state index contributed by atoms with van der Waals surface area (Å²) in [5.41, 5.74) is 16.9. The van der Waals surface area contributed by atoms with Crippen molar-refractivity contribution < 1.29 is 0 Å². The third-order valence-corrected chi connectivity index (χ3v) is 15.9. The molecular formula is C48H48S3. The van der Waals surface area contributed by atoms with Crippen LogP contribution in [0.5, 0.6) is 0 Å². The van der Waals surface area contributed by atoms with Crippen LogP contribution in [0, 0.1) is 83.1 Å². The minimum absolute atomic E-state index is 1.39. The minimum Gasteiger partial charge on any atom is -0.135 e. The fraction of sp³-hybridized carbons (Fsp3) is 0.250. The molecule has 258 valence electrons. The van der Waals surface area contributed by atoms with Crippen LogP contribution >= 0.6 is 34.0 Å². The maximum absolute atomic E-state index is 2.27. The van der Waals surface area contributed by atoms with Gasteiger partial charge in [0.05, 0.1) is 0 Å². The topological polar surface area (TPSA) is 0 Å². The maximum atomic E-state index is 2.27. The van der Waals surface area contributed by atoms with Gasteiger partial charge in [-0.05, 0) is 150 Å². The molecular weight excluding hydrogens is 673 g/mol. The third kappa shape index (κ3) is 5.98. The van der Waals surface area contributed by atoms with Crippen LogP contribution in [-0.4, -0.2) is 0 Å². The number of rotatable bonds is 0. The molecule has 0 aliphatic carbocycles. The van der Waals surface area contributed by atoms with E-state index in [1.54, 1.807) is 0 Å². The monoisotopic (exact) mass is 720 g/mol. The van der Waals surface area contributed by atoms with Crippen molar-refractivity contribution in [2.45, 2.75) is 83.1 Å². The number of aryl methyl sites for hydroxylation is 12. The van der Waals surface area contributed by atoms with Crippen LogP contribution in [0.3, 0.4) is 0 Å². The molecule has 0 unspecified atom stereocenters. The molecule has 9 aromatic rings. The van der Waals surface area contributed by atoms with Gasteiger partial charge in [0.1, 0.15) is 0 Å². The molecule has 9 rings (SSSR count). The van der Waals surface area contributed by atoms with E-state index in [0.29, 0.717) is 0 Å². The second-order valence-corrected chi connectivity index (χ2v) is 17.7. The van der Waals surface area contributed by atoms with E-state index in [1.807, 2.05) is 34.0 Å². The molecule has 0 N–H and O–H groups in total. The Morgan fingerprint density at radius 2 is 0.353 bits per heavy atom. The molecule has 0 atom stereocenters. The van der Waals surface area contributed by atoms with Crippen LogP contribution in [0.2, 0.25) is 0 Å². The summed E-state index contributed by atoms with van der Waals surface area (Å²) in [7, 11) is 0. The smallest absolute Gasteiger partial charge is 0.0387 e. The van der Waals surface area contributed by atoms with Crippen molar-refractivity contribution >= 4 is 94.5 Å². The van der Waals surface area contributed by atoms with Gasteiger partial charge in [-0.15, -0.1) is 34.0 Å². The summed E-state index contributed by atoms with van der Waals surface area (Å²) in [6.07, 6.45) is 0. The number of thiophene rings is 3. The summed E-state index contributed by atoms with van der Waals surface area (Å²) in [5.74, 6) is 0. The third-order valence-electron chi connectivity index (χ3n) is 11.5. The molecule has 0 spiro atoms. The standard InChI is InChI=1S/3C16H16S/c3*1-9-5-7-13-14-8-6-10(2)12(4)16(14)17-15(13)11(9)3/h3*5-8H,1-4H3. The molecule has 51 heavy (non-hydrogen) atoms. The Balaban J connectivity index is 0.000000119. The summed E-state index contributed by atoms with van der Waals surface area (Å²) < 4.78 is 8.72. The van der Waals surface area contributed by atoms with E-state index in [4.69, 9.17) is 0 Å². The van der Waals surface area contributed by atoms with Gasteiger partial charge in [0.2, 0.25) is 0 Å². The van der Waals surface area contributed by atoms with Crippen molar-refractivity contribution in [2.24, 2.45) is 0 Å². The van der Waals surface area contributed by atoms with Crippen molar-refractivity contribution in [1.29, 1.82) is 0 Å². The lowest BCUT2D eigenvalue weighted by atomic mass is 10.0. The zero-order chi connectivity index (χ0) is 36.5. The molecule has 0 bridgehead atoms. The van der Waals surface area contributed by atoms with E-state index >= 15 is 0 Å². The Kier molecular flexibility index (Phi) is 9.37. The Morgan fingerprint density at radius 3 is 0.490 bits per heavy atom. The van der Waals surface area contributed by atoms with Gasteiger partial charge in [0, 0.05) is 60.5 Å². The molecule has 0 aliphatic heterocycles. The van der Waals surface area contributed by atoms with Crippen LogP contribution in [-0.2, 0) is 0 Å². The van der Waals surface area contributed by atoms with Crippen molar-refractivity contribution in [3.8, 4) is 0 Å². The van der Waals surface area contributed by atoms with Crippen molar-refractivity contribution in [3.05, 3.63) is 140 Å². The number of hydrogen-bond acceptors (Lipinski definition) is 3. The molecule has 0 nitrogen and oxygen atoms in total. The van der Waals surface area contributed by atoms with Gasteiger partial charge < -0.3 is 0 Å². The van der Waals surface area contributed by atoms with E-state index < -0.39 is 0 Å². The van der Waals surface area contributed by atoms with Gasteiger partial charge in [-0.1, -0.05) is 72.8 Å². The van der Waals surface area contributed by atoms with Gasteiger partial charge in [-0.25, -0.2) is 0 Å². The first-order valence-corrected chi connectivity index (χ1v) is 20.4. The lowest BCUT2D eigenvalue weighted by Gasteiger charge is -2.01. The Morgan fingerprint density at radius 1 is 0.216 bits per heavy atom. The summed E-state index contributed by atoms with van der Waals surface area (Å²) in [6.45, 7) is 26.5. The highest BCUT2D eigenvalue weighted by atomic mass is 32.1. The molecule has 3 heteroatoms. The fourth-order valence-corrected chi connectivity index (χ4v) is 11.3. The maximum Gasteiger partial charge on any atom is 0.0387 e. The molecule has 6 aromatic carbocycles. The second-order valence-electron chi connectivity index (χ2n) is 14.6. The molecule has 3 aromatic heterocycles. The molecule has 0 radical (unpaired) electrons. The molecule has 0 saturated carbocycles. The molecule has 0 amide bonds. The van der Waals surface area contributed by atoms with Crippen LogP contribution in [0.1, 0.15) is 66.8 Å². The van der Waals surface area contributed by atoms with Crippen LogP contribution in [0.25, 0.3) is 60.5 Å². The number of benzene rings is 6. The number of fused-ring (bicyclic) bond motifs is 9. The molecule has 3 heterocycles. The highest BCUT2D eigenvalue weighted by molar-refractivity contribution is 7.27. The lowest BCUT2D eigenvalue weighted by molar-refractivity contribution is 1.39. The predicted octanol–water partition coefficient (Wildman–Crippen LogP) is 15.9. The quantitative estimate of drug-likeness (QED) is 0.146. The largest absolute Gasteiger partial charge is 0.135 e. The lowest BCUT2D eigenvalue weighted by Crippen LogP contribution is -1.80. The average molecular weight is 721 g/mol. The highest BCUT2D eigenvalue weighted by Gasteiger charge is 2.13. The van der Waals surface area contributed by atoms with E-state index in [9.17, 15) is 0 Å². The van der Waals surface area contributed by atoms with Gasteiger partial charge in [0.15, 0.2) is 0 Å². The molecule has 0 aliphatic rings. The van der Waals surface area contributed by atoms with Crippen molar-refractivity contribution in [2.75, 3.05) is 0 Å². The SMILES string of the molecule is Cc1ccc2c(sc3c(C)c(C)ccc32)c1C.Cc1ccc2c(sc3c(C)c(C)ccc32)c1C.Cc1ccc2c(sc3c(C)c(C)ccc32)c1C. The zero-order valence-corrected chi connectivity index (χ0v) is 34.6. The van der Waals surface area contributed by atoms with Crippen LogP contribution in [0.4, 0.5) is 0 Å². The summed E-state index contributed by atoms with van der Waals surface area (Å²) >= 11 is 5.83. The van der Waals surface area contributed by atoms with Gasteiger partial charge >= 0.3 is 0 Å². The van der Waals surface area contributed by atoms with E-state index in [2.05, 4.69) is 156 Å². The first-order chi connectivity index (χ1) is 24.3. The molecule has 0 saturated heterocycles. The van der Waals surface area contributed by atoms with Crippen molar-refractivity contribution in [1.82, 2.24) is 0 Å². The summed E-state index contributed by atoms with van der Waals surface area (Å²) in [5, 5.41) is 8.48. The van der Waals surface area contributed by atoms with E-state index in [1.165, 1.54) is 127 Å². The zero-order valence-electron chi connectivity index (χ0n) is 32.2.